The highest BCUT2D eigenvalue weighted by Crippen LogP contribution is 2.30. The Balaban J connectivity index is 1.46. The fourth-order valence-corrected chi connectivity index (χ4v) is 3.24. The van der Waals surface area contributed by atoms with Gasteiger partial charge in [-0.3, -0.25) is 9.59 Å². The largest absolute Gasteiger partial charge is 0.464 e. The third-order valence-corrected chi connectivity index (χ3v) is 4.75. The van der Waals surface area contributed by atoms with Crippen molar-refractivity contribution >= 4 is 51.0 Å². The molecule has 1 amide bonds. The zero-order valence-electron chi connectivity index (χ0n) is 15.5. The molecule has 0 spiro atoms. The van der Waals surface area contributed by atoms with Crippen LogP contribution in [0.25, 0.3) is 21.7 Å². The average Bonchev–Trinajstić information content (AvgIpc) is 3.12. The molecule has 1 atom stereocenters. The van der Waals surface area contributed by atoms with Crippen molar-refractivity contribution in [1.29, 1.82) is 0 Å². The molecule has 0 aliphatic rings. The number of halogens is 1. The van der Waals surface area contributed by atoms with Gasteiger partial charge in [0, 0.05) is 17.1 Å². The summed E-state index contributed by atoms with van der Waals surface area (Å²) in [6, 6.07) is 14.9. The summed E-state index contributed by atoms with van der Waals surface area (Å²) < 4.78 is 10.9. The summed E-state index contributed by atoms with van der Waals surface area (Å²) in [5.74, 6) is -0.669. The lowest BCUT2D eigenvalue weighted by molar-refractivity contribution is -0.152. The van der Waals surface area contributed by atoms with Crippen LogP contribution in [0.4, 0.5) is 5.82 Å². The first-order chi connectivity index (χ1) is 14.0. The fraction of sp³-hybridized carbons (Fsp3) is 0.136. The maximum Gasteiger partial charge on any atom is 0.311 e. The second-order valence-corrected chi connectivity index (χ2v) is 7.02. The van der Waals surface area contributed by atoms with Gasteiger partial charge in [0.2, 0.25) is 0 Å². The van der Waals surface area contributed by atoms with Crippen molar-refractivity contribution in [3.8, 4) is 0 Å². The van der Waals surface area contributed by atoms with E-state index >= 15 is 0 Å². The van der Waals surface area contributed by atoms with Crippen LogP contribution in [0.2, 0.25) is 5.02 Å². The molecular formula is C22H17ClN2O4. The monoisotopic (exact) mass is 408 g/mol. The maximum absolute atomic E-state index is 12.4. The lowest BCUT2D eigenvalue weighted by Crippen LogP contribution is -2.30. The number of nitrogens with zero attached hydrogens (tertiary/aromatic N) is 1. The highest BCUT2D eigenvalue weighted by atomic mass is 35.5. The Hall–Kier alpha value is -3.38. The van der Waals surface area contributed by atoms with Gasteiger partial charge in [0.15, 0.2) is 6.10 Å². The number of anilines is 1. The number of rotatable bonds is 5. The third kappa shape index (κ3) is 4.07. The van der Waals surface area contributed by atoms with Gasteiger partial charge in [0.1, 0.15) is 11.4 Å². The van der Waals surface area contributed by atoms with Crippen molar-refractivity contribution in [3.05, 3.63) is 71.6 Å². The summed E-state index contributed by atoms with van der Waals surface area (Å²) >= 11 is 5.77. The number of furan rings is 1. The predicted molar refractivity (Wildman–Crippen MR) is 111 cm³/mol. The predicted octanol–water partition coefficient (Wildman–Crippen LogP) is 4.75. The van der Waals surface area contributed by atoms with E-state index < -0.39 is 18.0 Å². The molecule has 0 saturated carbocycles. The molecule has 29 heavy (non-hydrogen) atoms. The molecule has 4 aromatic rings. The van der Waals surface area contributed by atoms with E-state index in [4.69, 9.17) is 20.8 Å². The number of benzene rings is 2. The Morgan fingerprint density at radius 3 is 2.79 bits per heavy atom. The Morgan fingerprint density at radius 2 is 2.00 bits per heavy atom. The minimum absolute atomic E-state index is 0.00216. The first kappa shape index (κ1) is 19.0. The Kier molecular flexibility index (Phi) is 5.18. The smallest absolute Gasteiger partial charge is 0.311 e. The van der Waals surface area contributed by atoms with Crippen LogP contribution >= 0.6 is 11.6 Å². The van der Waals surface area contributed by atoms with Crippen LogP contribution in [-0.2, 0) is 20.7 Å². The average molecular weight is 409 g/mol. The molecule has 0 unspecified atom stereocenters. The minimum Gasteiger partial charge on any atom is -0.464 e. The van der Waals surface area contributed by atoms with Crippen LogP contribution in [-0.4, -0.2) is 23.0 Å². The van der Waals surface area contributed by atoms with Gasteiger partial charge in [-0.15, -0.1) is 0 Å². The normalized spacial score (nSPS) is 12.1. The lowest BCUT2D eigenvalue weighted by atomic mass is 10.0. The van der Waals surface area contributed by atoms with Crippen molar-refractivity contribution in [1.82, 2.24) is 4.98 Å². The molecule has 6 nitrogen and oxygen atoms in total. The van der Waals surface area contributed by atoms with Crippen molar-refractivity contribution in [2.45, 2.75) is 19.4 Å². The third-order valence-electron chi connectivity index (χ3n) is 4.53. The first-order valence-electron chi connectivity index (χ1n) is 9.01. The van der Waals surface area contributed by atoms with E-state index in [0.717, 1.165) is 16.2 Å². The number of carbonyl (C=O) groups is 2. The van der Waals surface area contributed by atoms with Crippen molar-refractivity contribution in [3.63, 3.8) is 0 Å². The topological polar surface area (TPSA) is 81.4 Å². The van der Waals surface area contributed by atoms with Crippen molar-refractivity contribution < 1.29 is 18.7 Å². The second-order valence-electron chi connectivity index (χ2n) is 6.58. The summed E-state index contributed by atoms with van der Waals surface area (Å²) in [5, 5.41) is 5.98. The van der Waals surface area contributed by atoms with Crippen LogP contribution in [0.3, 0.4) is 0 Å². The van der Waals surface area contributed by atoms with Gasteiger partial charge >= 0.3 is 5.97 Å². The molecular weight excluding hydrogens is 392 g/mol. The van der Waals surface area contributed by atoms with Gasteiger partial charge in [-0.1, -0.05) is 41.9 Å². The van der Waals surface area contributed by atoms with Crippen LogP contribution < -0.4 is 5.32 Å². The quantitative estimate of drug-likeness (QED) is 0.482. The highest BCUT2D eigenvalue weighted by Gasteiger charge is 2.20. The molecule has 2 heterocycles. The zero-order valence-corrected chi connectivity index (χ0v) is 16.3. The van der Waals surface area contributed by atoms with E-state index in [1.165, 1.54) is 13.1 Å². The van der Waals surface area contributed by atoms with E-state index in [-0.39, 0.29) is 6.42 Å². The number of hydrogen-bond donors (Lipinski definition) is 1. The minimum atomic E-state index is -0.977. The first-order valence-corrected chi connectivity index (χ1v) is 9.39. The van der Waals surface area contributed by atoms with E-state index in [0.29, 0.717) is 22.0 Å². The number of amides is 1. The van der Waals surface area contributed by atoms with Gasteiger partial charge in [-0.2, -0.15) is 0 Å². The molecule has 0 bridgehead atoms. The molecule has 4 rings (SSSR count). The molecule has 1 N–H and O–H groups in total. The fourth-order valence-electron chi connectivity index (χ4n) is 3.13. The van der Waals surface area contributed by atoms with E-state index in [1.807, 2.05) is 36.4 Å². The van der Waals surface area contributed by atoms with Crippen LogP contribution in [0.15, 0.2) is 65.4 Å². The van der Waals surface area contributed by atoms with Crippen LogP contribution in [0.5, 0.6) is 0 Å². The molecule has 146 valence electrons. The lowest BCUT2D eigenvalue weighted by Gasteiger charge is -2.13. The number of carbonyl (C=O) groups excluding carboxylic acids is 2. The highest BCUT2D eigenvalue weighted by molar-refractivity contribution is 6.30. The molecule has 0 aliphatic heterocycles. The number of nitrogens with one attached hydrogen (secondary N) is 1. The second kappa shape index (κ2) is 7.93. The molecule has 2 aromatic carbocycles. The van der Waals surface area contributed by atoms with Gasteiger partial charge in [-0.05, 0) is 35.9 Å². The number of fused-ring (bicyclic) bond motifs is 3. The van der Waals surface area contributed by atoms with Gasteiger partial charge in [-0.25, -0.2) is 4.98 Å². The van der Waals surface area contributed by atoms with Crippen molar-refractivity contribution in [2.24, 2.45) is 0 Å². The Labute approximate surface area is 171 Å². The molecule has 0 aliphatic carbocycles. The number of hydrogen-bond acceptors (Lipinski definition) is 5. The molecule has 0 fully saturated rings. The molecule has 7 heteroatoms. The van der Waals surface area contributed by atoms with Gasteiger partial charge in [0.25, 0.3) is 5.91 Å². The van der Waals surface area contributed by atoms with E-state index in [2.05, 4.69) is 10.3 Å². The Bertz CT molecular complexity index is 1200. The summed E-state index contributed by atoms with van der Waals surface area (Å²) in [7, 11) is 0. The number of esters is 1. The molecule has 0 saturated heterocycles. The zero-order chi connectivity index (χ0) is 20.4. The van der Waals surface area contributed by atoms with Crippen LogP contribution in [0, 0.1) is 0 Å². The Morgan fingerprint density at radius 1 is 1.17 bits per heavy atom. The summed E-state index contributed by atoms with van der Waals surface area (Å²) in [5.41, 5.74) is 1.42. The molecule has 0 radical (unpaired) electrons. The summed E-state index contributed by atoms with van der Waals surface area (Å²) in [6.45, 7) is 1.51. The van der Waals surface area contributed by atoms with E-state index in [1.54, 1.807) is 18.4 Å². The SMILES string of the molecule is C[C@@H](OC(=O)Cc1coc2ccc3ccccc3c12)C(=O)Nc1ccc(Cl)cn1. The summed E-state index contributed by atoms with van der Waals surface area (Å²) in [6.07, 6.45) is 2.00. The molecule has 2 aromatic heterocycles. The number of ether oxygens (including phenoxy) is 1. The van der Waals surface area contributed by atoms with Gasteiger partial charge < -0.3 is 14.5 Å². The standard InChI is InChI=1S/C22H17ClN2O4/c1-13(22(27)25-19-9-7-16(23)11-24-19)29-20(26)10-15-12-28-18-8-6-14-4-2-3-5-17(14)21(15)18/h2-9,11-13H,10H2,1H3,(H,24,25,27)/t13-/m1/s1. The maximum atomic E-state index is 12.4. The summed E-state index contributed by atoms with van der Waals surface area (Å²) in [4.78, 5) is 28.7. The van der Waals surface area contributed by atoms with Crippen molar-refractivity contribution in [2.75, 3.05) is 5.32 Å². The van der Waals surface area contributed by atoms with Gasteiger partial charge in [0.05, 0.1) is 17.7 Å². The number of aromatic nitrogens is 1. The van der Waals surface area contributed by atoms with Crippen LogP contribution in [0.1, 0.15) is 12.5 Å². The number of pyridine rings is 1. The van der Waals surface area contributed by atoms with E-state index in [9.17, 15) is 9.59 Å².